The SMILES string of the molecule is c1cn2nccc2c(NCCN2CCCCC2)n1. The van der Waals surface area contributed by atoms with Crippen LogP contribution in [0.2, 0.25) is 0 Å². The third-order valence-electron chi connectivity index (χ3n) is 3.49. The van der Waals surface area contributed by atoms with Gasteiger partial charge in [-0.15, -0.1) is 0 Å². The molecule has 0 saturated carbocycles. The van der Waals surface area contributed by atoms with Crippen molar-refractivity contribution in [3.63, 3.8) is 0 Å². The van der Waals surface area contributed by atoms with Gasteiger partial charge in [0.25, 0.3) is 0 Å². The average molecular weight is 245 g/mol. The van der Waals surface area contributed by atoms with Crippen molar-refractivity contribution in [2.24, 2.45) is 0 Å². The molecule has 0 radical (unpaired) electrons. The van der Waals surface area contributed by atoms with Crippen LogP contribution in [0.3, 0.4) is 0 Å². The van der Waals surface area contributed by atoms with E-state index in [-0.39, 0.29) is 0 Å². The Morgan fingerprint density at radius 3 is 2.94 bits per heavy atom. The van der Waals surface area contributed by atoms with E-state index >= 15 is 0 Å². The van der Waals surface area contributed by atoms with Crippen LogP contribution in [0.15, 0.2) is 24.7 Å². The summed E-state index contributed by atoms with van der Waals surface area (Å²) in [6.07, 6.45) is 9.52. The maximum absolute atomic E-state index is 4.37. The lowest BCUT2D eigenvalue weighted by atomic mass is 10.1. The van der Waals surface area contributed by atoms with Crippen LogP contribution in [0.25, 0.3) is 5.52 Å². The number of anilines is 1. The second-order valence-corrected chi connectivity index (χ2v) is 4.77. The number of fused-ring (bicyclic) bond motifs is 1. The lowest BCUT2D eigenvalue weighted by molar-refractivity contribution is 0.237. The van der Waals surface area contributed by atoms with Gasteiger partial charge in [-0.2, -0.15) is 5.10 Å². The molecule has 1 aliphatic rings. The molecule has 0 spiro atoms. The number of piperidine rings is 1. The molecular weight excluding hydrogens is 226 g/mol. The van der Waals surface area contributed by atoms with E-state index in [0.29, 0.717) is 0 Å². The van der Waals surface area contributed by atoms with Gasteiger partial charge in [-0.05, 0) is 32.0 Å². The molecule has 0 amide bonds. The first-order valence-electron chi connectivity index (χ1n) is 6.68. The highest BCUT2D eigenvalue weighted by atomic mass is 15.2. The van der Waals surface area contributed by atoms with Crippen molar-refractivity contribution in [2.75, 3.05) is 31.5 Å². The summed E-state index contributed by atoms with van der Waals surface area (Å²) in [6, 6.07) is 1.98. The van der Waals surface area contributed by atoms with E-state index in [9.17, 15) is 0 Å². The largest absolute Gasteiger partial charge is 0.367 e. The molecule has 0 atom stereocenters. The maximum atomic E-state index is 4.37. The Hall–Kier alpha value is -1.62. The minimum absolute atomic E-state index is 0.923. The monoisotopic (exact) mass is 245 g/mol. The van der Waals surface area contributed by atoms with Crippen molar-refractivity contribution >= 4 is 11.3 Å². The lowest BCUT2D eigenvalue weighted by Crippen LogP contribution is -2.33. The molecule has 5 heteroatoms. The molecule has 0 aromatic carbocycles. The molecule has 1 N–H and O–H groups in total. The van der Waals surface area contributed by atoms with E-state index in [1.54, 1.807) is 12.4 Å². The maximum Gasteiger partial charge on any atom is 0.152 e. The number of nitrogens with one attached hydrogen (secondary N) is 1. The highest BCUT2D eigenvalue weighted by Crippen LogP contribution is 2.12. The smallest absolute Gasteiger partial charge is 0.152 e. The Bertz CT molecular complexity index is 501. The topological polar surface area (TPSA) is 45.5 Å². The second-order valence-electron chi connectivity index (χ2n) is 4.77. The fraction of sp³-hybridized carbons (Fsp3) is 0.538. The summed E-state index contributed by atoms with van der Waals surface area (Å²) in [5, 5.41) is 7.61. The van der Waals surface area contributed by atoms with Crippen LogP contribution in [-0.2, 0) is 0 Å². The van der Waals surface area contributed by atoms with Gasteiger partial charge < -0.3 is 10.2 Å². The number of hydrogen-bond acceptors (Lipinski definition) is 4. The van der Waals surface area contributed by atoms with Crippen LogP contribution in [0.1, 0.15) is 19.3 Å². The summed E-state index contributed by atoms with van der Waals surface area (Å²) >= 11 is 0. The van der Waals surface area contributed by atoms with E-state index in [0.717, 1.165) is 24.4 Å². The van der Waals surface area contributed by atoms with Crippen LogP contribution >= 0.6 is 0 Å². The molecule has 3 heterocycles. The van der Waals surface area contributed by atoms with E-state index in [2.05, 4.69) is 20.3 Å². The van der Waals surface area contributed by atoms with Gasteiger partial charge in [0, 0.05) is 25.5 Å². The first kappa shape index (κ1) is 11.5. The Kier molecular flexibility index (Phi) is 3.41. The Balaban J connectivity index is 1.57. The van der Waals surface area contributed by atoms with Gasteiger partial charge in [0.05, 0.1) is 6.20 Å². The zero-order valence-electron chi connectivity index (χ0n) is 10.5. The number of rotatable bonds is 4. The molecule has 1 aliphatic heterocycles. The van der Waals surface area contributed by atoms with Gasteiger partial charge in [0.1, 0.15) is 5.52 Å². The molecule has 0 aliphatic carbocycles. The van der Waals surface area contributed by atoms with Crippen molar-refractivity contribution in [1.29, 1.82) is 0 Å². The summed E-state index contributed by atoms with van der Waals surface area (Å²) in [6.45, 7) is 4.52. The lowest BCUT2D eigenvalue weighted by Gasteiger charge is -2.26. The molecule has 1 saturated heterocycles. The fourth-order valence-electron chi connectivity index (χ4n) is 2.51. The first-order valence-corrected chi connectivity index (χ1v) is 6.68. The van der Waals surface area contributed by atoms with Crippen LogP contribution < -0.4 is 5.32 Å². The second kappa shape index (κ2) is 5.35. The van der Waals surface area contributed by atoms with Gasteiger partial charge in [-0.3, -0.25) is 0 Å². The fourth-order valence-corrected chi connectivity index (χ4v) is 2.51. The first-order chi connectivity index (χ1) is 8.93. The Labute approximate surface area is 107 Å². The van der Waals surface area contributed by atoms with Gasteiger partial charge in [0.2, 0.25) is 0 Å². The van der Waals surface area contributed by atoms with Crippen molar-refractivity contribution in [1.82, 2.24) is 19.5 Å². The quantitative estimate of drug-likeness (QED) is 0.889. The molecule has 2 aromatic rings. The third-order valence-corrected chi connectivity index (χ3v) is 3.49. The predicted molar refractivity (Wildman–Crippen MR) is 71.8 cm³/mol. The van der Waals surface area contributed by atoms with Gasteiger partial charge in [-0.1, -0.05) is 6.42 Å². The molecule has 96 valence electrons. The summed E-state index contributed by atoms with van der Waals surface area (Å²) in [7, 11) is 0. The third kappa shape index (κ3) is 2.46. The molecule has 5 nitrogen and oxygen atoms in total. The van der Waals surface area contributed by atoms with Gasteiger partial charge >= 0.3 is 0 Å². The van der Waals surface area contributed by atoms with Crippen molar-refractivity contribution < 1.29 is 0 Å². The number of hydrogen-bond donors (Lipinski definition) is 1. The van der Waals surface area contributed by atoms with E-state index < -0.39 is 0 Å². The summed E-state index contributed by atoms with van der Waals surface area (Å²) < 4.78 is 1.84. The zero-order valence-corrected chi connectivity index (χ0v) is 10.5. The highest BCUT2D eigenvalue weighted by Gasteiger charge is 2.09. The van der Waals surface area contributed by atoms with Gasteiger partial charge in [-0.25, -0.2) is 9.50 Å². The normalized spacial score (nSPS) is 17.1. The predicted octanol–water partition coefficient (Wildman–Crippen LogP) is 1.63. The van der Waals surface area contributed by atoms with Crippen molar-refractivity contribution in [3.05, 3.63) is 24.7 Å². The number of likely N-dealkylation sites (tertiary alicyclic amines) is 1. The molecule has 1 fully saturated rings. The average Bonchev–Trinajstić information content (AvgIpc) is 2.89. The number of nitrogens with zero attached hydrogens (tertiary/aromatic N) is 4. The highest BCUT2D eigenvalue weighted by molar-refractivity contribution is 5.66. The minimum Gasteiger partial charge on any atom is -0.367 e. The van der Waals surface area contributed by atoms with Crippen LogP contribution in [0.5, 0.6) is 0 Å². The summed E-state index contributed by atoms with van der Waals surface area (Å²) in [5.41, 5.74) is 1.04. The molecule has 0 unspecified atom stereocenters. The Morgan fingerprint density at radius 1 is 1.17 bits per heavy atom. The molecule has 18 heavy (non-hydrogen) atoms. The van der Waals surface area contributed by atoms with Gasteiger partial charge in [0.15, 0.2) is 5.82 Å². The van der Waals surface area contributed by atoms with E-state index in [1.807, 2.05) is 16.8 Å². The molecule has 0 bridgehead atoms. The van der Waals surface area contributed by atoms with Crippen molar-refractivity contribution in [3.8, 4) is 0 Å². The molecular formula is C13H19N5. The van der Waals surface area contributed by atoms with Crippen LogP contribution in [0.4, 0.5) is 5.82 Å². The standard InChI is InChI=1S/C13H19N5/c1-2-8-17(9-3-1)10-6-14-13-12-4-5-16-18(12)11-7-15-13/h4-5,7,11H,1-3,6,8-10H2,(H,14,15). The van der Waals surface area contributed by atoms with E-state index in [1.165, 1.54) is 32.4 Å². The molecule has 3 rings (SSSR count). The van der Waals surface area contributed by atoms with Crippen molar-refractivity contribution in [2.45, 2.75) is 19.3 Å². The minimum atomic E-state index is 0.923. The molecule has 2 aromatic heterocycles. The van der Waals surface area contributed by atoms with Crippen LogP contribution in [0, 0.1) is 0 Å². The van der Waals surface area contributed by atoms with E-state index in [4.69, 9.17) is 0 Å². The number of aromatic nitrogens is 3. The summed E-state index contributed by atoms with van der Waals surface area (Å²) in [5.74, 6) is 0.923. The zero-order chi connectivity index (χ0) is 12.2. The summed E-state index contributed by atoms with van der Waals surface area (Å²) in [4.78, 5) is 6.89. The van der Waals surface area contributed by atoms with Crippen LogP contribution in [-0.4, -0.2) is 45.7 Å². The Morgan fingerprint density at radius 2 is 2.06 bits per heavy atom.